The van der Waals surface area contributed by atoms with Crippen LogP contribution in [0.1, 0.15) is 12.8 Å². The fraction of sp³-hybridized carbons (Fsp3) is 0.364. The summed E-state index contributed by atoms with van der Waals surface area (Å²) < 4.78 is 43.3. The van der Waals surface area contributed by atoms with Crippen molar-refractivity contribution in [2.24, 2.45) is 0 Å². The second kappa shape index (κ2) is 3.46. The Morgan fingerprint density at radius 1 is 1.37 bits per heavy atom. The van der Waals surface area contributed by atoms with E-state index in [1.807, 2.05) is 0 Å². The highest BCUT2D eigenvalue weighted by molar-refractivity contribution is 5.85. The minimum absolute atomic E-state index is 0.00981. The third-order valence-electron chi connectivity index (χ3n) is 3.26. The topological polar surface area (TPSA) is 84.0 Å². The molecule has 8 heteroatoms. The molecule has 1 saturated carbocycles. The van der Waals surface area contributed by atoms with Crippen molar-refractivity contribution in [1.82, 2.24) is 4.98 Å². The Morgan fingerprint density at radius 2 is 2.05 bits per heavy atom. The summed E-state index contributed by atoms with van der Waals surface area (Å²) in [6.45, 7) is 0. The van der Waals surface area contributed by atoms with E-state index in [0.29, 0.717) is 5.52 Å². The molecule has 0 atom stereocenters. The summed E-state index contributed by atoms with van der Waals surface area (Å²) in [6.07, 6.45) is -4.32. The van der Waals surface area contributed by atoms with Gasteiger partial charge in [-0.25, -0.2) is 4.79 Å². The molecule has 0 spiro atoms. The normalized spacial score (nSPS) is 17.6. The Hall–Kier alpha value is -2.12. The molecular weight excluding hydrogens is 263 g/mol. The maximum atomic E-state index is 12.9. The van der Waals surface area contributed by atoms with Crippen molar-refractivity contribution < 1.29 is 17.6 Å². The number of nitrogen functional groups attached to an aromatic ring is 1. The van der Waals surface area contributed by atoms with Gasteiger partial charge in [-0.1, -0.05) is 0 Å². The van der Waals surface area contributed by atoms with E-state index in [0.717, 1.165) is 0 Å². The molecule has 1 aromatic heterocycles. The quantitative estimate of drug-likeness (QED) is 0.732. The van der Waals surface area contributed by atoms with Crippen molar-refractivity contribution in [3.8, 4) is 0 Å². The van der Waals surface area contributed by atoms with Crippen LogP contribution >= 0.6 is 0 Å². The van der Waals surface area contributed by atoms with Crippen LogP contribution in [0.3, 0.4) is 0 Å². The van der Waals surface area contributed by atoms with Crippen LogP contribution in [0, 0.1) is 0 Å². The van der Waals surface area contributed by atoms with Gasteiger partial charge in [0.15, 0.2) is 5.58 Å². The Kier molecular flexibility index (Phi) is 2.17. The van der Waals surface area contributed by atoms with Crippen LogP contribution in [0.15, 0.2) is 21.3 Å². The number of hydrogen-bond donors (Lipinski definition) is 3. The zero-order chi connectivity index (χ0) is 13.8. The summed E-state index contributed by atoms with van der Waals surface area (Å²) in [6, 6.07) is 2.67. The summed E-state index contributed by atoms with van der Waals surface area (Å²) in [5, 5.41) is 2.43. The largest absolute Gasteiger partial charge is 0.417 e. The maximum absolute atomic E-state index is 12.9. The van der Waals surface area contributed by atoms with Crippen LogP contribution in [0.4, 0.5) is 24.5 Å². The highest BCUT2D eigenvalue weighted by atomic mass is 19.4. The first kappa shape index (κ1) is 11.9. The Balaban J connectivity index is 2.01. The van der Waals surface area contributed by atoms with E-state index in [1.165, 1.54) is 12.1 Å². The van der Waals surface area contributed by atoms with Gasteiger partial charge in [0.05, 0.1) is 16.9 Å². The van der Waals surface area contributed by atoms with Crippen molar-refractivity contribution in [3.63, 3.8) is 0 Å². The smallest absolute Gasteiger partial charge is 0.408 e. The van der Waals surface area contributed by atoms with Crippen LogP contribution in [-0.2, 0) is 0 Å². The maximum Gasteiger partial charge on any atom is 0.417 e. The van der Waals surface area contributed by atoms with Crippen molar-refractivity contribution in [2.45, 2.75) is 24.6 Å². The summed E-state index contributed by atoms with van der Waals surface area (Å²) in [7, 11) is 0. The monoisotopic (exact) mass is 273 g/mol. The number of hydrogen-bond acceptors (Lipinski definition) is 4. The molecule has 1 fully saturated rings. The summed E-state index contributed by atoms with van der Waals surface area (Å²) in [4.78, 5) is 13.4. The van der Waals surface area contributed by atoms with Crippen molar-refractivity contribution >= 4 is 22.5 Å². The molecule has 0 radical (unpaired) electrons. The minimum atomic E-state index is -4.34. The number of anilines is 2. The molecule has 102 valence electrons. The average Bonchev–Trinajstić information content (AvgIpc) is 2.97. The number of H-pyrrole nitrogens is 1. The van der Waals surface area contributed by atoms with E-state index < -0.39 is 17.5 Å². The Bertz CT molecular complexity index is 697. The number of oxazole rings is 1. The van der Waals surface area contributed by atoms with E-state index in [9.17, 15) is 18.0 Å². The number of nitrogens with one attached hydrogen (secondary N) is 2. The first-order chi connectivity index (χ1) is 8.81. The van der Waals surface area contributed by atoms with E-state index in [1.54, 1.807) is 0 Å². The van der Waals surface area contributed by atoms with Crippen LogP contribution in [0.25, 0.3) is 11.1 Å². The van der Waals surface area contributed by atoms with Gasteiger partial charge in [0.1, 0.15) is 5.54 Å². The van der Waals surface area contributed by atoms with Gasteiger partial charge in [0, 0.05) is 6.07 Å². The standard InChI is InChI=1S/C11H10F3N3O2/c12-11(13,14)10(1-2-10)17-6-4-7-8(3-5(6)15)19-9(18)16-7/h3-4,17H,1-2,15H2,(H,16,18). The number of alkyl halides is 3. The number of rotatable bonds is 2. The van der Waals surface area contributed by atoms with Gasteiger partial charge in [0.2, 0.25) is 0 Å². The lowest BCUT2D eigenvalue weighted by Crippen LogP contribution is -2.38. The van der Waals surface area contributed by atoms with Gasteiger partial charge in [-0.05, 0) is 18.9 Å². The van der Waals surface area contributed by atoms with Crippen molar-refractivity contribution in [2.75, 3.05) is 11.1 Å². The molecule has 0 amide bonds. The molecule has 0 bridgehead atoms. The van der Waals surface area contributed by atoms with E-state index in [2.05, 4.69) is 10.3 Å². The lowest BCUT2D eigenvalue weighted by Gasteiger charge is -2.22. The van der Waals surface area contributed by atoms with Crippen LogP contribution in [0.2, 0.25) is 0 Å². The zero-order valence-electron chi connectivity index (χ0n) is 9.60. The molecule has 4 N–H and O–H groups in total. The number of benzene rings is 1. The Labute approximate surface area is 104 Å². The molecule has 0 aliphatic heterocycles. The lowest BCUT2D eigenvalue weighted by atomic mass is 10.2. The second-order valence-corrected chi connectivity index (χ2v) is 4.66. The molecule has 1 aliphatic rings. The van der Waals surface area contributed by atoms with Crippen LogP contribution < -0.4 is 16.8 Å². The molecule has 1 aromatic carbocycles. The van der Waals surface area contributed by atoms with Gasteiger partial charge >= 0.3 is 11.9 Å². The number of nitrogens with two attached hydrogens (primary N) is 1. The first-order valence-electron chi connectivity index (χ1n) is 5.58. The van der Waals surface area contributed by atoms with E-state index >= 15 is 0 Å². The van der Waals surface area contributed by atoms with Gasteiger partial charge < -0.3 is 15.5 Å². The summed E-state index contributed by atoms with van der Waals surface area (Å²) in [5.74, 6) is -0.677. The molecular formula is C11H10F3N3O2. The van der Waals surface area contributed by atoms with Crippen LogP contribution in [-0.4, -0.2) is 16.7 Å². The third-order valence-corrected chi connectivity index (χ3v) is 3.26. The zero-order valence-corrected chi connectivity index (χ0v) is 9.60. The fourth-order valence-corrected chi connectivity index (χ4v) is 1.98. The number of aromatic amines is 1. The molecule has 1 heterocycles. The highest BCUT2D eigenvalue weighted by Gasteiger charge is 2.63. The van der Waals surface area contributed by atoms with E-state index in [4.69, 9.17) is 10.2 Å². The average molecular weight is 273 g/mol. The minimum Gasteiger partial charge on any atom is -0.408 e. The number of fused-ring (bicyclic) bond motifs is 1. The lowest BCUT2D eigenvalue weighted by molar-refractivity contribution is -0.151. The van der Waals surface area contributed by atoms with Gasteiger partial charge in [-0.2, -0.15) is 13.2 Å². The fourth-order valence-electron chi connectivity index (χ4n) is 1.98. The van der Waals surface area contributed by atoms with Crippen molar-refractivity contribution in [1.29, 1.82) is 0 Å². The Morgan fingerprint density at radius 3 is 2.63 bits per heavy atom. The predicted octanol–water partition coefficient (Wildman–Crippen LogP) is 2.21. The number of aromatic nitrogens is 1. The molecule has 5 nitrogen and oxygen atoms in total. The molecule has 19 heavy (non-hydrogen) atoms. The molecule has 3 rings (SSSR count). The summed E-state index contributed by atoms with van der Waals surface area (Å²) in [5.41, 5.74) is 4.52. The molecule has 0 unspecified atom stereocenters. The molecule has 1 aliphatic carbocycles. The van der Waals surface area contributed by atoms with Gasteiger partial charge in [-0.15, -0.1) is 0 Å². The predicted molar refractivity (Wildman–Crippen MR) is 62.9 cm³/mol. The second-order valence-electron chi connectivity index (χ2n) is 4.66. The first-order valence-corrected chi connectivity index (χ1v) is 5.58. The van der Waals surface area contributed by atoms with Gasteiger partial charge in [0.25, 0.3) is 0 Å². The highest BCUT2D eigenvalue weighted by Crippen LogP contribution is 2.51. The SMILES string of the molecule is Nc1cc2oc(=O)[nH]c2cc1NC1(C(F)(F)F)CC1. The molecule has 2 aromatic rings. The number of halogens is 3. The van der Waals surface area contributed by atoms with Gasteiger partial charge in [-0.3, -0.25) is 4.98 Å². The summed E-state index contributed by atoms with van der Waals surface area (Å²) >= 11 is 0. The third kappa shape index (κ3) is 1.83. The van der Waals surface area contributed by atoms with Crippen molar-refractivity contribution in [3.05, 3.63) is 22.7 Å². The van der Waals surface area contributed by atoms with E-state index in [-0.39, 0.29) is 29.8 Å². The molecule has 0 saturated heterocycles. The van der Waals surface area contributed by atoms with Crippen LogP contribution in [0.5, 0.6) is 0 Å².